The number of hydrogen-bond acceptors (Lipinski definition) is 13. The molecule has 2 aromatic rings. The summed E-state index contributed by atoms with van der Waals surface area (Å²) in [5.41, 5.74) is 0.248. The van der Waals surface area contributed by atoms with Crippen LogP contribution in [0, 0.1) is 13.8 Å². The fourth-order valence-electron chi connectivity index (χ4n) is 6.29. The molecule has 0 spiro atoms. The molecule has 0 aliphatic rings. The molecule has 2 rings (SSSR count). The molecule has 9 N–H and O–H groups in total. The van der Waals surface area contributed by atoms with Gasteiger partial charge >= 0.3 is 36.2 Å². The topological polar surface area (TPSA) is 307 Å². The number of carboxylic acid groups (broad SMARTS) is 2. The van der Waals surface area contributed by atoms with E-state index in [2.05, 4.69) is 37.2 Å². The molecule has 0 saturated heterocycles. The normalized spacial score (nSPS) is 12.1. The Kier molecular flexibility index (Phi) is 25.4. The first-order valence-corrected chi connectivity index (χ1v) is 22.8. The summed E-state index contributed by atoms with van der Waals surface area (Å²) in [7, 11) is 0. The third-order valence-corrected chi connectivity index (χ3v) is 9.59. The Morgan fingerprint density at radius 2 is 1.07 bits per heavy atom. The summed E-state index contributed by atoms with van der Waals surface area (Å²) in [6.07, 6.45) is -0.880. The first-order valence-electron chi connectivity index (χ1n) is 22.8. The second-order valence-electron chi connectivity index (χ2n) is 17.8. The second-order valence-corrected chi connectivity index (χ2v) is 17.8. The van der Waals surface area contributed by atoms with Crippen LogP contribution in [0.4, 0.5) is 24.9 Å². The Hall–Kier alpha value is -6.68. The average molecular weight is 974 g/mol. The number of carbonyl (C=O) groups excluding carboxylic acids is 6. The molecule has 384 valence electrons. The number of ether oxygens (including phenoxy) is 5. The molecule has 7 amide bonds. The summed E-state index contributed by atoms with van der Waals surface area (Å²) < 4.78 is 26.4. The summed E-state index contributed by atoms with van der Waals surface area (Å²) in [6.45, 7) is 14.6. The third-order valence-electron chi connectivity index (χ3n) is 9.59. The van der Waals surface area contributed by atoms with Gasteiger partial charge in [0.05, 0.1) is 26.4 Å². The first kappa shape index (κ1) is 58.4. The largest absolute Gasteiger partial charge is 0.480 e. The molecule has 0 radical (unpaired) electrons. The van der Waals surface area contributed by atoms with Gasteiger partial charge in [-0.05, 0) is 117 Å². The van der Waals surface area contributed by atoms with Crippen molar-refractivity contribution in [2.24, 2.45) is 0 Å². The van der Waals surface area contributed by atoms with Crippen molar-refractivity contribution >= 4 is 53.8 Å². The van der Waals surface area contributed by atoms with Gasteiger partial charge in [-0.25, -0.2) is 28.8 Å². The van der Waals surface area contributed by atoms with Gasteiger partial charge in [0.1, 0.15) is 29.9 Å². The van der Waals surface area contributed by atoms with Crippen LogP contribution in [0.5, 0.6) is 0 Å². The molecule has 22 heteroatoms. The molecule has 0 aliphatic heterocycles. The van der Waals surface area contributed by atoms with Crippen molar-refractivity contribution in [3.63, 3.8) is 0 Å². The van der Waals surface area contributed by atoms with Crippen LogP contribution in [0.3, 0.4) is 0 Å². The van der Waals surface area contributed by atoms with E-state index in [1.807, 2.05) is 30.3 Å². The van der Waals surface area contributed by atoms with Crippen molar-refractivity contribution in [1.29, 1.82) is 0 Å². The highest BCUT2D eigenvalue weighted by molar-refractivity contribution is 6.06. The monoisotopic (exact) mass is 974 g/mol. The van der Waals surface area contributed by atoms with Crippen LogP contribution in [-0.2, 0) is 39.9 Å². The molecular formula is C47H71N7O15. The second kappa shape index (κ2) is 29.9. The summed E-state index contributed by atoms with van der Waals surface area (Å²) in [5.74, 6) is -3.61. The predicted molar refractivity (Wildman–Crippen MR) is 253 cm³/mol. The third kappa shape index (κ3) is 24.8. The SMILES string of the molecule is Cc1c(NC(=O)NCCOCCOCCNC(=O)OCc2ccccc2)cc(C(=O)NCCCC[C@H](NC(=O)OC(C)(C)C)C(=O)O)c(C)c1C(=O)NCCCC[C@H](NC(=O)OC(C)(C)C)C(=O)O. The van der Waals surface area contributed by atoms with E-state index in [0.717, 1.165) is 5.56 Å². The molecule has 22 nitrogen and oxygen atoms in total. The summed E-state index contributed by atoms with van der Waals surface area (Å²) >= 11 is 0. The number of unbranched alkanes of at least 4 members (excludes halogenated alkanes) is 2. The zero-order valence-electron chi connectivity index (χ0n) is 40.9. The van der Waals surface area contributed by atoms with E-state index in [1.54, 1.807) is 55.4 Å². The van der Waals surface area contributed by atoms with Gasteiger partial charge < -0.3 is 71.1 Å². The molecule has 0 aromatic heterocycles. The van der Waals surface area contributed by atoms with E-state index >= 15 is 0 Å². The molecule has 2 atom stereocenters. The predicted octanol–water partition coefficient (Wildman–Crippen LogP) is 5.14. The number of alkyl carbamates (subject to hydrolysis) is 3. The Bertz CT molecular complexity index is 2020. The molecule has 0 unspecified atom stereocenters. The fourth-order valence-corrected chi connectivity index (χ4v) is 6.29. The lowest BCUT2D eigenvalue weighted by atomic mass is 9.94. The van der Waals surface area contributed by atoms with Crippen LogP contribution in [0.1, 0.15) is 117 Å². The number of carbonyl (C=O) groups is 8. The maximum atomic E-state index is 13.7. The zero-order chi connectivity index (χ0) is 51.6. The van der Waals surface area contributed by atoms with E-state index in [1.165, 1.54) is 6.07 Å². The van der Waals surface area contributed by atoms with Crippen LogP contribution in [0.25, 0.3) is 0 Å². The van der Waals surface area contributed by atoms with E-state index in [-0.39, 0.29) is 88.9 Å². The number of nitrogens with one attached hydrogen (secondary N) is 7. The molecule has 0 fully saturated rings. The van der Waals surface area contributed by atoms with Crippen molar-refractivity contribution < 1.29 is 72.3 Å². The minimum atomic E-state index is -1.24. The van der Waals surface area contributed by atoms with Crippen LogP contribution in [0.2, 0.25) is 0 Å². The molecule has 0 bridgehead atoms. The molecular weight excluding hydrogens is 903 g/mol. The molecule has 0 heterocycles. The van der Waals surface area contributed by atoms with E-state index in [9.17, 15) is 48.6 Å². The van der Waals surface area contributed by atoms with E-state index < -0.39 is 71.3 Å². The average Bonchev–Trinajstić information content (AvgIpc) is 3.25. The lowest BCUT2D eigenvalue weighted by Crippen LogP contribution is -2.43. The number of aliphatic carboxylic acids is 2. The molecule has 2 aromatic carbocycles. The van der Waals surface area contributed by atoms with Crippen molar-refractivity contribution in [3.05, 3.63) is 64.2 Å². The van der Waals surface area contributed by atoms with Crippen molar-refractivity contribution in [1.82, 2.24) is 31.9 Å². The highest BCUT2D eigenvalue weighted by Crippen LogP contribution is 2.27. The summed E-state index contributed by atoms with van der Waals surface area (Å²) in [5, 5.41) is 37.4. The Balaban J connectivity index is 2.00. The van der Waals surface area contributed by atoms with Crippen LogP contribution >= 0.6 is 0 Å². The highest BCUT2D eigenvalue weighted by Gasteiger charge is 2.26. The maximum absolute atomic E-state index is 13.7. The van der Waals surface area contributed by atoms with Crippen molar-refractivity contribution in [2.75, 3.05) is 57.9 Å². The van der Waals surface area contributed by atoms with Gasteiger partial charge in [-0.1, -0.05) is 30.3 Å². The Labute approximate surface area is 403 Å². The van der Waals surface area contributed by atoms with Gasteiger partial charge in [-0.3, -0.25) is 9.59 Å². The van der Waals surface area contributed by atoms with E-state index in [4.69, 9.17) is 23.7 Å². The van der Waals surface area contributed by atoms with Crippen molar-refractivity contribution in [2.45, 2.75) is 124 Å². The lowest BCUT2D eigenvalue weighted by Gasteiger charge is -2.22. The first-order chi connectivity index (χ1) is 32.5. The summed E-state index contributed by atoms with van der Waals surface area (Å²) in [6, 6.07) is 7.63. The quantitative estimate of drug-likeness (QED) is 0.0394. The maximum Gasteiger partial charge on any atom is 0.408 e. The van der Waals surface area contributed by atoms with Crippen LogP contribution < -0.4 is 37.2 Å². The zero-order valence-corrected chi connectivity index (χ0v) is 40.9. The standard InChI is InChI=1S/C47H71N7O15/c1-30-33(38(55)48-20-14-12-18-34(40(57)58)53-44(63)68-46(3,4)5)28-36(31(2)37(30)39(56)49-21-15-13-19-35(41(59)60)54-45(64)69-47(6,7)8)52-42(61)50-22-24-65-26-27-66-25-23-51-43(62)67-29-32-16-10-9-11-17-32/h9-11,16-17,28,34-35H,12-15,18-27,29H2,1-8H3,(H,48,55)(H,49,56)(H,51,62)(H,53,63)(H,54,64)(H,57,58)(H,59,60)(H2,50,52,61)/t34-,35-/m0/s1. The number of benzene rings is 2. The van der Waals surface area contributed by atoms with Gasteiger partial charge in [0.15, 0.2) is 0 Å². The van der Waals surface area contributed by atoms with Crippen LogP contribution in [-0.4, -0.2) is 134 Å². The van der Waals surface area contributed by atoms with Crippen molar-refractivity contribution in [3.8, 4) is 0 Å². The molecule has 0 saturated carbocycles. The Morgan fingerprint density at radius 3 is 1.57 bits per heavy atom. The van der Waals surface area contributed by atoms with E-state index in [0.29, 0.717) is 36.8 Å². The number of hydrogen-bond donors (Lipinski definition) is 9. The number of urea groups is 1. The molecule has 0 aliphatic carbocycles. The molecule has 69 heavy (non-hydrogen) atoms. The van der Waals surface area contributed by atoms with Gasteiger partial charge in [0.2, 0.25) is 0 Å². The number of amides is 7. The number of rotatable bonds is 28. The smallest absolute Gasteiger partial charge is 0.408 e. The Morgan fingerprint density at radius 1 is 0.580 bits per heavy atom. The fraction of sp³-hybridized carbons (Fsp3) is 0.574. The van der Waals surface area contributed by atoms with Gasteiger partial charge in [-0.2, -0.15) is 0 Å². The minimum absolute atomic E-state index is 0.0602. The lowest BCUT2D eigenvalue weighted by molar-refractivity contribution is -0.140. The van der Waals surface area contributed by atoms with Gasteiger partial charge in [0, 0.05) is 43.0 Å². The highest BCUT2D eigenvalue weighted by atomic mass is 16.6. The number of anilines is 1. The minimum Gasteiger partial charge on any atom is -0.480 e. The van der Waals surface area contributed by atoms with Gasteiger partial charge in [-0.15, -0.1) is 0 Å². The van der Waals surface area contributed by atoms with Crippen LogP contribution in [0.15, 0.2) is 36.4 Å². The number of carboxylic acids is 2. The van der Waals surface area contributed by atoms with Gasteiger partial charge in [0.25, 0.3) is 11.8 Å². The summed E-state index contributed by atoms with van der Waals surface area (Å²) in [4.78, 5) is 100.